The predicted octanol–water partition coefficient (Wildman–Crippen LogP) is 3.16. The van der Waals surface area contributed by atoms with Crippen molar-refractivity contribution in [3.63, 3.8) is 0 Å². The number of nitrogens with two attached hydrogens (primary N) is 1. The van der Waals surface area contributed by atoms with Crippen LogP contribution in [0.15, 0.2) is 34.7 Å². The molecule has 0 aliphatic carbocycles. The molecule has 2 heterocycles. The second kappa shape index (κ2) is 4.99. The molecule has 3 nitrogen and oxygen atoms in total. The van der Waals surface area contributed by atoms with Crippen molar-refractivity contribution in [2.24, 2.45) is 11.7 Å². The molecule has 1 fully saturated rings. The van der Waals surface area contributed by atoms with Crippen LogP contribution in [0, 0.1) is 5.92 Å². The highest BCUT2D eigenvalue weighted by molar-refractivity contribution is 5.77. The fraction of sp³-hybridized carbons (Fsp3) is 0.500. The maximum absolute atomic E-state index is 6.01. The van der Waals surface area contributed by atoms with Gasteiger partial charge in [0.05, 0.1) is 6.04 Å². The van der Waals surface area contributed by atoms with E-state index in [1.54, 1.807) is 0 Å². The first-order valence-electron chi connectivity index (χ1n) is 7.13. The summed E-state index contributed by atoms with van der Waals surface area (Å²) in [4.78, 5) is 2.49. The Balaban J connectivity index is 1.93. The molecule has 3 heteroatoms. The Labute approximate surface area is 114 Å². The van der Waals surface area contributed by atoms with Gasteiger partial charge in [0.1, 0.15) is 11.3 Å². The molecule has 0 saturated carbocycles. The van der Waals surface area contributed by atoms with E-state index in [9.17, 15) is 0 Å². The monoisotopic (exact) mass is 258 g/mol. The Morgan fingerprint density at radius 1 is 1.37 bits per heavy atom. The van der Waals surface area contributed by atoms with Gasteiger partial charge in [0.25, 0.3) is 0 Å². The highest BCUT2D eigenvalue weighted by atomic mass is 16.3. The number of rotatable bonds is 3. The van der Waals surface area contributed by atoms with Crippen LogP contribution < -0.4 is 5.73 Å². The molecule has 0 bridgehead atoms. The van der Waals surface area contributed by atoms with E-state index in [-0.39, 0.29) is 6.04 Å². The van der Waals surface area contributed by atoms with Crippen LogP contribution in [0.3, 0.4) is 0 Å². The zero-order chi connectivity index (χ0) is 13.4. The smallest absolute Gasteiger partial charge is 0.134 e. The van der Waals surface area contributed by atoms with E-state index in [1.165, 1.54) is 6.42 Å². The molecule has 3 unspecified atom stereocenters. The zero-order valence-electron chi connectivity index (χ0n) is 11.7. The van der Waals surface area contributed by atoms with Crippen LogP contribution in [0.2, 0.25) is 0 Å². The number of benzene rings is 1. The van der Waals surface area contributed by atoms with Crippen molar-refractivity contribution in [1.29, 1.82) is 0 Å². The molecular formula is C16H22N2O. The van der Waals surface area contributed by atoms with Crippen molar-refractivity contribution in [2.75, 3.05) is 13.1 Å². The maximum atomic E-state index is 6.01. The number of furan rings is 1. The van der Waals surface area contributed by atoms with Gasteiger partial charge in [-0.2, -0.15) is 0 Å². The van der Waals surface area contributed by atoms with Gasteiger partial charge in [-0.15, -0.1) is 0 Å². The number of likely N-dealkylation sites (tertiary alicyclic amines) is 1. The molecule has 3 rings (SSSR count). The lowest BCUT2D eigenvalue weighted by atomic mass is 10.1. The van der Waals surface area contributed by atoms with E-state index < -0.39 is 0 Å². The van der Waals surface area contributed by atoms with E-state index in [4.69, 9.17) is 10.2 Å². The van der Waals surface area contributed by atoms with Gasteiger partial charge in [-0.25, -0.2) is 0 Å². The molecule has 0 amide bonds. The summed E-state index contributed by atoms with van der Waals surface area (Å²) in [7, 11) is 0. The van der Waals surface area contributed by atoms with Gasteiger partial charge < -0.3 is 10.2 Å². The number of nitrogens with zero attached hydrogens (tertiary/aromatic N) is 1. The maximum Gasteiger partial charge on any atom is 0.134 e. The number of hydrogen-bond acceptors (Lipinski definition) is 3. The first kappa shape index (κ1) is 12.7. The minimum absolute atomic E-state index is 0.201. The lowest BCUT2D eigenvalue weighted by molar-refractivity contribution is 0.172. The Bertz CT molecular complexity index is 530. The van der Waals surface area contributed by atoms with Crippen LogP contribution in [0.25, 0.3) is 11.0 Å². The summed E-state index contributed by atoms with van der Waals surface area (Å²) in [6.07, 6.45) is 1.25. The summed E-state index contributed by atoms with van der Waals surface area (Å²) >= 11 is 0. The molecule has 1 saturated heterocycles. The quantitative estimate of drug-likeness (QED) is 0.919. The van der Waals surface area contributed by atoms with E-state index in [0.717, 1.165) is 29.2 Å². The normalized spacial score (nSPS) is 26.1. The first-order valence-corrected chi connectivity index (χ1v) is 7.13. The van der Waals surface area contributed by atoms with Crippen LogP contribution >= 0.6 is 0 Å². The topological polar surface area (TPSA) is 42.4 Å². The van der Waals surface area contributed by atoms with Gasteiger partial charge in [-0.05, 0) is 31.4 Å². The van der Waals surface area contributed by atoms with Gasteiger partial charge in [0.2, 0.25) is 0 Å². The highest BCUT2D eigenvalue weighted by Crippen LogP contribution is 2.33. The largest absolute Gasteiger partial charge is 0.459 e. The molecule has 2 aromatic rings. The van der Waals surface area contributed by atoms with Crippen LogP contribution in [0.1, 0.15) is 32.1 Å². The SMILES string of the molecule is CC1CC(C)N(C(CN)c2cc3ccccc3o2)C1. The summed E-state index contributed by atoms with van der Waals surface area (Å²) in [5.74, 6) is 1.75. The fourth-order valence-electron chi connectivity index (χ4n) is 3.35. The van der Waals surface area contributed by atoms with E-state index in [0.29, 0.717) is 12.6 Å². The molecule has 3 atom stereocenters. The Morgan fingerprint density at radius 3 is 2.79 bits per heavy atom. The van der Waals surface area contributed by atoms with E-state index in [2.05, 4.69) is 30.9 Å². The van der Waals surface area contributed by atoms with Crippen molar-refractivity contribution >= 4 is 11.0 Å². The third kappa shape index (κ3) is 2.28. The molecule has 2 N–H and O–H groups in total. The summed E-state index contributed by atoms with van der Waals surface area (Å²) < 4.78 is 6.00. The van der Waals surface area contributed by atoms with Crippen LogP contribution in [0.5, 0.6) is 0 Å². The molecule has 0 radical (unpaired) electrons. The predicted molar refractivity (Wildman–Crippen MR) is 78.0 cm³/mol. The molecular weight excluding hydrogens is 236 g/mol. The van der Waals surface area contributed by atoms with Gasteiger partial charge in [0.15, 0.2) is 0 Å². The minimum Gasteiger partial charge on any atom is -0.459 e. The Morgan fingerprint density at radius 2 is 2.16 bits per heavy atom. The van der Waals surface area contributed by atoms with Gasteiger partial charge in [0, 0.05) is 24.5 Å². The molecule has 1 aromatic carbocycles. The van der Waals surface area contributed by atoms with Crippen molar-refractivity contribution in [3.05, 3.63) is 36.1 Å². The summed E-state index contributed by atoms with van der Waals surface area (Å²) in [5.41, 5.74) is 6.97. The second-order valence-electron chi connectivity index (χ2n) is 5.82. The average molecular weight is 258 g/mol. The minimum atomic E-state index is 0.201. The lowest BCUT2D eigenvalue weighted by Crippen LogP contribution is -2.36. The van der Waals surface area contributed by atoms with Gasteiger partial charge in [-0.1, -0.05) is 25.1 Å². The number of fused-ring (bicyclic) bond motifs is 1. The third-order valence-corrected chi connectivity index (χ3v) is 4.23. The average Bonchev–Trinajstić information content (AvgIpc) is 2.94. The molecule has 1 aliphatic heterocycles. The third-order valence-electron chi connectivity index (χ3n) is 4.23. The lowest BCUT2D eigenvalue weighted by Gasteiger charge is -2.28. The van der Waals surface area contributed by atoms with Crippen LogP contribution in [-0.2, 0) is 0 Å². The van der Waals surface area contributed by atoms with Crippen molar-refractivity contribution in [1.82, 2.24) is 4.90 Å². The van der Waals surface area contributed by atoms with E-state index >= 15 is 0 Å². The van der Waals surface area contributed by atoms with Gasteiger partial charge in [-0.3, -0.25) is 4.90 Å². The number of para-hydroxylation sites is 1. The van der Waals surface area contributed by atoms with Gasteiger partial charge >= 0.3 is 0 Å². The Hall–Kier alpha value is -1.32. The van der Waals surface area contributed by atoms with Crippen LogP contribution in [0.4, 0.5) is 0 Å². The summed E-state index contributed by atoms with van der Waals surface area (Å²) in [5, 5.41) is 1.16. The Kier molecular flexibility index (Phi) is 3.33. The van der Waals surface area contributed by atoms with Crippen molar-refractivity contribution in [3.8, 4) is 0 Å². The fourth-order valence-corrected chi connectivity index (χ4v) is 3.35. The molecule has 1 aromatic heterocycles. The number of hydrogen-bond donors (Lipinski definition) is 1. The second-order valence-corrected chi connectivity index (χ2v) is 5.82. The molecule has 1 aliphatic rings. The molecule has 19 heavy (non-hydrogen) atoms. The molecule has 102 valence electrons. The zero-order valence-corrected chi connectivity index (χ0v) is 11.7. The molecule has 0 spiro atoms. The highest BCUT2D eigenvalue weighted by Gasteiger charge is 2.33. The van der Waals surface area contributed by atoms with Crippen LogP contribution in [-0.4, -0.2) is 24.0 Å². The van der Waals surface area contributed by atoms with Crippen molar-refractivity contribution in [2.45, 2.75) is 32.4 Å². The first-order chi connectivity index (χ1) is 9.19. The summed E-state index contributed by atoms with van der Waals surface area (Å²) in [6, 6.07) is 11.1. The summed E-state index contributed by atoms with van der Waals surface area (Å²) in [6.45, 7) is 6.31. The van der Waals surface area contributed by atoms with E-state index in [1.807, 2.05) is 18.2 Å². The standard InChI is InChI=1S/C16H22N2O/c1-11-7-12(2)18(10-11)14(9-17)16-8-13-5-3-4-6-15(13)19-16/h3-6,8,11-12,14H,7,9-10,17H2,1-2H3. The van der Waals surface area contributed by atoms with Crippen molar-refractivity contribution < 1.29 is 4.42 Å².